The summed E-state index contributed by atoms with van der Waals surface area (Å²) >= 11 is 1.30. The fourth-order valence-electron chi connectivity index (χ4n) is 2.59. The molecule has 0 bridgehead atoms. The second-order valence-electron chi connectivity index (χ2n) is 5.47. The fourth-order valence-corrected chi connectivity index (χ4v) is 3.49. The predicted octanol–water partition coefficient (Wildman–Crippen LogP) is 1.71. The number of thiazole rings is 1. The van der Waals surface area contributed by atoms with Gasteiger partial charge >= 0.3 is 0 Å². The van der Waals surface area contributed by atoms with E-state index in [-0.39, 0.29) is 18.2 Å². The number of hydrogen-bond acceptors (Lipinski definition) is 6. The zero-order valence-electron chi connectivity index (χ0n) is 13.9. The molecule has 1 aromatic heterocycles. The summed E-state index contributed by atoms with van der Waals surface area (Å²) in [5.41, 5.74) is 0.319. The molecule has 1 aromatic carbocycles. The van der Waals surface area contributed by atoms with Crippen molar-refractivity contribution in [1.82, 2.24) is 14.8 Å². The summed E-state index contributed by atoms with van der Waals surface area (Å²) in [5, 5.41) is 10.1. The van der Waals surface area contributed by atoms with Crippen molar-refractivity contribution < 1.29 is 19.1 Å². The highest BCUT2D eigenvalue weighted by atomic mass is 32.1. The average Bonchev–Trinajstić information content (AvgIpc) is 3.00. The molecule has 0 aliphatic carbocycles. The number of carbonyl (C=O) groups excluding carboxylic acids is 1. The molecule has 1 fully saturated rings. The smallest absolute Gasteiger partial charge is 0.290 e. The van der Waals surface area contributed by atoms with Crippen molar-refractivity contribution in [3.05, 3.63) is 24.0 Å². The number of amides is 1. The Bertz CT molecular complexity index is 716. The number of piperazine rings is 1. The summed E-state index contributed by atoms with van der Waals surface area (Å²) in [6, 6.07) is 4.82. The van der Waals surface area contributed by atoms with E-state index in [1.807, 2.05) is 0 Å². The van der Waals surface area contributed by atoms with E-state index in [2.05, 4.69) is 27.0 Å². The van der Waals surface area contributed by atoms with E-state index in [0.717, 1.165) is 37.4 Å². The number of likely N-dealkylation sites (N-methyl/N-ethyl adjacent to an activating group) is 1. The number of fused-ring (bicyclic) bond motifs is 1. The molecule has 1 aliphatic rings. The summed E-state index contributed by atoms with van der Waals surface area (Å²) in [7, 11) is 0. The van der Waals surface area contributed by atoms with E-state index in [9.17, 15) is 9.18 Å². The molecule has 136 valence electrons. The topological polar surface area (TPSA) is 85.8 Å². The van der Waals surface area contributed by atoms with E-state index < -0.39 is 0 Å². The molecule has 0 spiro atoms. The Morgan fingerprint density at radius 3 is 2.60 bits per heavy atom. The second kappa shape index (κ2) is 9.40. The lowest BCUT2D eigenvalue weighted by Crippen LogP contribution is -2.48. The van der Waals surface area contributed by atoms with Crippen LogP contribution >= 0.6 is 11.3 Å². The van der Waals surface area contributed by atoms with Gasteiger partial charge in [0.25, 0.3) is 6.47 Å². The fraction of sp³-hybridized carbons (Fsp3) is 0.438. The van der Waals surface area contributed by atoms with Crippen LogP contribution in [0.5, 0.6) is 0 Å². The Balaban J connectivity index is 0.000000701. The van der Waals surface area contributed by atoms with Gasteiger partial charge in [-0.25, -0.2) is 9.37 Å². The highest BCUT2D eigenvalue weighted by Gasteiger charge is 2.18. The molecule has 9 heteroatoms. The molecule has 2 aromatic rings. The van der Waals surface area contributed by atoms with Crippen LogP contribution < -0.4 is 5.32 Å². The zero-order chi connectivity index (χ0) is 18.2. The standard InChI is InChI=1S/C15H19FN4OS.CH2O2/c1-2-19-6-8-20(9-7-19)10-13(21)17-15-18-14-11(16)4-3-5-12(14)22-15;2-1-3/h3-5H,2,6-10H2,1H3,(H,17,18,21);1H,(H,2,3). The van der Waals surface area contributed by atoms with Crippen molar-refractivity contribution in [3.8, 4) is 0 Å². The molecule has 1 amide bonds. The lowest BCUT2D eigenvalue weighted by molar-refractivity contribution is -0.123. The van der Waals surface area contributed by atoms with Crippen LogP contribution in [0.3, 0.4) is 0 Å². The van der Waals surface area contributed by atoms with Gasteiger partial charge in [-0.15, -0.1) is 0 Å². The van der Waals surface area contributed by atoms with Gasteiger partial charge in [0, 0.05) is 26.2 Å². The van der Waals surface area contributed by atoms with Crippen molar-refractivity contribution >= 4 is 39.1 Å². The molecular formula is C16H21FN4O3S. The Morgan fingerprint density at radius 1 is 1.36 bits per heavy atom. The third kappa shape index (κ3) is 5.45. The zero-order valence-corrected chi connectivity index (χ0v) is 14.8. The van der Waals surface area contributed by atoms with Gasteiger partial charge in [0.2, 0.25) is 5.91 Å². The number of hydrogen-bond donors (Lipinski definition) is 2. The van der Waals surface area contributed by atoms with Gasteiger partial charge in [0.05, 0.1) is 11.2 Å². The Labute approximate surface area is 149 Å². The first kappa shape index (κ1) is 19.2. The summed E-state index contributed by atoms with van der Waals surface area (Å²) in [6.45, 7) is 7.10. The van der Waals surface area contributed by atoms with Crippen LogP contribution in [0.25, 0.3) is 10.2 Å². The van der Waals surface area contributed by atoms with Gasteiger partial charge in [-0.1, -0.05) is 24.3 Å². The van der Waals surface area contributed by atoms with Gasteiger partial charge in [0.1, 0.15) is 11.3 Å². The third-order valence-corrected chi connectivity index (χ3v) is 4.83. The van der Waals surface area contributed by atoms with E-state index in [4.69, 9.17) is 9.90 Å². The Morgan fingerprint density at radius 2 is 2.00 bits per heavy atom. The minimum atomic E-state index is -0.357. The molecule has 0 saturated carbocycles. The number of carbonyl (C=O) groups is 2. The highest BCUT2D eigenvalue weighted by Crippen LogP contribution is 2.27. The second-order valence-corrected chi connectivity index (χ2v) is 6.50. The van der Waals surface area contributed by atoms with Crippen molar-refractivity contribution in [1.29, 1.82) is 0 Å². The van der Waals surface area contributed by atoms with E-state index >= 15 is 0 Å². The minimum Gasteiger partial charge on any atom is -0.483 e. The van der Waals surface area contributed by atoms with Crippen molar-refractivity contribution in [2.45, 2.75) is 6.92 Å². The van der Waals surface area contributed by atoms with Crippen LogP contribution in [0.4, 0.5) is 9.52 Å². The molecule has 2 heterocycles. The number of nitrogens with zero attached hydrogens (tertiary/aromatic N) is 3. The van der Waals surface area contributed by atoms with Crippen LogP contribution in [0.1, 0.15) is 6.92 Å². The number of carboxylic acid groups (broad SMARTS) is 1. The lowest BCUT2D eigenvalue weighted by atomic mass is 10.3. The normalized spacial score (nSPS) is 15.4. The molecular weight excluding hydrogens is 347 g/mol. The van der Waals surface area contributed by atoms with Gasteiger partial charge in [-0.05, 0) is 18.7 Å². The number of para-hydroxylation sites is 1. The van der Waals surface area contributed by atoms with Crippen LogP contribution in [0, 0.1) is 5.82 Å². The van der Waals surface area contributed by atoms with Crippen molar-refractivity contribution in [2.24, 2.45) is 0 Å². The molecule has 25 heavy (non-hydrogen) atoms. The molecule has 2 N–H and O–H groups in total. The summed E-state index contributed by atoms with van der Waals surface area (Å²) in [6.07, 6.45) is 0. The lowest BCUT2D eigenvalue weighted by Gasteiger charge is -2.33. The number of halogens is 1. The van der Waals surface area contributed by atoms with E-state index in [0.29, 0.717) is 17.2 Å². The maximum atomic E-state index is 13.6. The Hall–Kier alpha value is -2.10. The number of rotatable bonds is 4. The van der Waals surface area contributed by atoms with Crippen LogP contribution in [0.2, 0.25) is 0 Å². The van der Waals surface area contributed by atoms with Crippen molar-refractivity contribution in [2.75, 3.05) is 44.6 Å². The molecule has 7 nitrogen and oxygen atoms in total. The van der Waals surface area contributed by atoms with Gasteiger partial charge in [-0.2, -0.15) is 0 Å². The molecule has 0 radical (unpaired) electrons. The first-order chi connectivity index (χ1) is 12.1. The minimum absolute atomic E-state index is 0.0931. The first-order valence-corrected chi connectivity index (χ1v) is 8.76. The number of anilines is 1. The summed E-state index contributed by atoms with van der Waals surface area (Å²) in [5.74, 6) is -0.450. The molecule has 3 rings (SSSR count). The molecule has 0 atom stereocenters. The predicted molar refractivity (Wildman–Crippen MR) is 95.5 cm³/mol. The summed E-state index contributed by atoms with van der Waals surface area (Å²) < 4.78 is 14.3. The molecule has 0 unspecified atom stereocenters. The summed E-state index contributed by atoms with van der Waals surface area (Å²) in [4.78, 5) is 29.1. The number of aromatic nitrogens is 1. The number of benzene rings is 1. The van der Waals surface area contributed by atoms with Crippen LogP contribution in [0.15, 0.2) is 18.2 Å². The van der Waals surface area contributed by atoms with Gasteiger partial charge in [-0.3, -0.25) is 14.5 Å². The highest BCUT2D eigenvalue weighted by molar-refractivity contribution is 7.22. The van der Waals surface area contributed by atoms with E-state index in [1.54, 1.807) is 12.1 Å². The van der Waals surface area contributed by atoms with Gasteiger partial charge in [0.15, 0.2) is 5.13 Å². The largest absolute Gasteiger partial charge is 0.483 e. The maximum Gasteiger partial charge on any atom is 0.290 e. The third-order valence-electron chi connectivity index (χ3n) is 3.90. The molecule has 1 saturated heterocycles. The monoisotopic (exact) mass is 368 g/mol. The van der Waals surface area contributed by atoms with E-state index in [1.165, 1.54) is 17.4 Å². The van der Waals surface area contributed by atoms with Gasteiger partial charge < -0.3 is 15.3 Å². The van der Waals surface area contributed by atoms with Crippen LogP contribution in [-0.4, -0.2) is 71.5 Å². The number of nitrogens with one attached hydrogen (secondary N) is 1. The maximum absolute atomic E-state index is 13.6. The quantitative estimate of drug-likeness (QED) is 0.799. The Kier molecular flexibility index (Phi) is 7.23. The SMILES string of the molecule is CCN1CCN(CC(=O)Nc2nc3c(F)cccc3s2)CC1.O=CO. The first-order valence-electron chi connectivity index (χ1n) is 7.94. The van der Waals surface area contributed by atoms with Crippen molar-refractivity contribution in [3.63, 3.8) is 0 Å². The average molecular weight is 368 g/mol. The van der Waals surface area contributed by atoms with Crippen LogP contribution in [-0.2, 0) is 9.59 Å². The molecule has 1 aliphatic heterocycles.